The fraction of sp³-hybridized carbons (Fsp3) is 0.278. The molecule has 0 aliphatic rings. The minimum absolute atomic E-state index is 0.0369. The molecule has 2 aromatic rings. The monoisotopic (exact) mass is 267 g/mol. The van der Waals surface area contributed by atoms with E-state index < -0.39 is 0 Å². The molecule has 1 atom stereocenters. The summed E-state index contributed by atoms with van der Waals surface area (Å²) in [4.78, 5) is 12.6. The molecule has 2 heteroatoms. The van der Waals surface area contributed by atoms with Crippen molar-refractivity contribution < 1.29 is 4.79 Å². The van der Waals surface area contributed by atoms with Gasteiger partial charge in [0.2, 0.25) is 5.91 Å². The third kappa shape index (κ3) is 3.47. The van der Waals surface area contributed by atoms with Crippen LogP contribution in [0, 0.1) is 5.41 Å². The standard InChI is InChI=1S/C18H21NO/c1-18(2,3)16(14-10-6-4-7-11-14)17(20)19-15-12-8-5-9-13-15/h4-13,16H,1-3H3,(H,19,20)/t16-/m1/s1. The Balaban J connectivity index is 2.26. The Labute approximate surface area is 120 Å². The van der Waals surface area contributed by atoms with Crippen LogP contribution in [0.15, 0.2) is 60.7 Å². The summed E-state index contributed by atoms with van der Waals surface area (Å²) >= 11 is 0. The van der Waals surface area contributed by atoms with Crippen LogP contribution in [0.5, 0.6) is 0 Å². The molecule has 0 spiro atoms. The van der Waals surface area contributed by atoms with Crippen LogP contribution < -0.4 is 5.32 Å². The molecular formula is C18H21NO. The van der Waals surface area contributed by atoms with Gasteiger partial charge in [0.15, 0.2) is 0 Å². The van der Waals surface area contributed by atoms with Gasteiger partial charge in [-0.2, -0.15) is 0 Å². The van der Waals surface area contributed by atoms with Crippen molar-refractivity contribution in [3.05, 3.63) is 66.2 Å². The minimum Gasteiger partial charge on any atom is -0.326 e. The molecule has 0 radical (unpaired) electrons. The second kappa shape index (κ2) is 5.91. The van der Waals surface area contributed by atoms with Crippen LogP contribution in [0.2, 0.25) is 0 Å². The zero-order valence-corrected chi connectivity index (χ0v) is 12.3. The van der Waals surface area contributed by atoms with E-state index in [2.05, 4.69) is 26.1 Å². The predicted molar refractivity (Wildman–Crippen MR) is 83.7 cm³/mol. The van der Waals surface area contributed by atoms with E-state index in [1.165, 1.54) is 0 Å². The number of hydrogen-bond donors (Lipinski definition) is 1. The maximum atomic E-state index is 12.6. The lowest BCUT2D eigenvalue weighted by atomic mass is 9.76. The van der Waals surface area contributed by atoms with Crippen molar-refractivity contribution in [3.63, 3.8) is 0 Å². The molecule has 0 saturated carbocycles. The maximum absolute atomic E-state index is 12.6. The van der Waals surface area contributed by atoms with Gasteiger partial charge in [-0.05, 0) is 23.1 Å². The average Bonchev–Trinajstić information content (AvgIpc) is 2.39. The highest BCUT2D eigenvalue weighted by molar-refractivity contribution is 5.96. The number of rotatable bonds is 3. The van der Waals surface area contributed by atoms with E-state index in [-0.39, 0.29) is 17.2 Å². The second-order valence-electron chi connectivity index (χ2n) is 6.06. The van der Waals surface area contributed by atoms with E-state index >= 15 is 0 Å². The number of anilines is 1. The first-order valence-electron chi connectivity index (χ1n) is 6.89. The van der Waals surface area contributed by atoms with Gasteiger partial charge in [-0.15, -0.1) is 0 Å². The Morgan fingerprint density at radius 2 is 1.40 bits per heavy atom. The summed E-state index contributed by atoms with van der Waals surface area (Å²) in [5.74, 6) is -0.140. The molecule has 0 bridgehead atoms. The third-order valence-corrected chi connectivity index (χ3v) is 3.30. The smallest absolute Gasteiger partial charge is 0.232 e. The SMILES string of the molecule is CC(C)(C)[C@@H](C(=O)Nc1ccccc1)c1ccccc1. The molecule has 0 unspecified atom stereocenters. The normalized spacial score (nSPS) is 12.8. The molecule has 0 saturated heterocycles. The number of amides is 1. The summed E-state index contributed by atoms with van der Waals surface area (Å²) in [6.07, 6.45) is 0. The summed E-state index contributed by atoms with van der Waals surface area (Å²) in [6, 6.07) is 19.5. The number of carbonyl (C=O) groups excluding carboxylic acids is 1. The molecule has 0 aliphatic heterocycles. The molecule has 0 aromatic heterocycles. The van der Waals surface area contributed by atoms with Gasteiger partial charge < -0.3 is 5.32 Å². The van der Waals surface area contributed by atoms with Gasteiger partial charge >= 0.3 is 0 Å². The van der Waals surface area contributed by atoms with Crippen LogP contribution in [0.1, 0.15) is 32.3 Å². The highest BCUT2D eigenvalue weighted by Crippen LogP contribution is 2.35. The quantitative estimate of drug-likeness (QED) is 0.874. The van der Waals surface area contributed by atoms with Crippen molar-refractivity contribution in [2.24, 2.45) is 5.41 Å². The van der Waals surface area contributed by atoms with Crippen molar-refractivity contribution in [2.45, 2.75) is 26.7 Å². The second-order valence-corrected chi connectivity index (χ2v) is 6.06. The highest BCUT2D eigenvalue weighted by Gasteiger charge is 2.32. The fourth-order valence-corrected chi connectivity index (χ4v) is 2.43. The van der Waals surface area contributed by atoms with E-state index in [9.17, 15) is 4.79 Å². The molecule has 1 N–H and O–H groups in total. The molecular weight excluding hydrogens is 246 g/mol. The zero-order valence-electron chi connectivity index (χ0n) is 12.3. The van der Waals surface area contributed by atoms with Crippen molar-refractivity contribution in [1.82, 2.24) is 0 Å². The summed E-state index contributed by atoms with van der Waals surface area (Å²) in [6.45, 7) is 6.28. The first-order valence-corrected chi connectivity index (χ1v) is 6.89. The van der Waals surface area contributed by atoms with Crippen molar-refractivity contribution in [3.8, 4) is 0 Å². The van der Waals surface area contributed by atoms with Crippen LogP contribution >= 0.6 is 0 Å². The van der Waals surface area contributed by atoms with E-state index in [0.717, 1.165) is 11.3 Å². The molecule has 0 heterocycles. The lowest BCUT2D eigenvalue weighted by Crippen LogP contribution is -2.31. The van der Waals surface area contributed by atoms with Crippen LogP contribution in [0.3, 0.4) is 0 Å². The average molecular weight is 267 g/mol. The van der Waals surface area contributed by atoms with Gasteiger partial charge in [-0.1, -0.05) is 69.3 Å². The number of hydrogen-bond acceptors (Lipinski definition) is 1. The van der Waals surface area contributed by atoms with Crippen LogP contribution in [-0.2, 0) is 4.79 Å². The van der Waals surface area contributed by atoms with Gasteiger partial charge in [0.25, 0.3) is 0 Å². The highest BCUT2D eigenvalue weighted by atomic mass is 16.1. The molecule has 2 nitrogen and oxygen atoms in total. The molecule has 0 fully saturated rings. The minimum atomic E-state index is -0.177. The van der Waals surface area contributed by atoms with E-state index in [1.54, 1.807) is 0 Å². The Hall–Kier alpha value is -2.09. The number of nitrogens with one attached hydrogen (secondary N) is 1. The maximum Gasteiger partial charge on any atom is 0.232 e. The van der Waals surface area contributed by atoms with Crippen molar-refractivity contribution in [1.29, 1.82) is 0 Å². The summed E-state index contributed by atoms with van der Waals surface area (Å²) in [5.41, 5.74) is 1.75. The zero-order chi connectivity index (χ0) is 14.6. The largest absolute Gasteiger partial charge is 0.326 e. The van der Waals surface area contributed by atoms with Crippen LogP contribution in [0.4, 0.5) is 5.69 Å². The topological polar surface area (TPSA) is 29.1 Å². The van der Waals surface area contributed by atoms with Gasteiger partial charge in [0.05, 0.1) is 5.92 Å². The van der Waals surface area contributed by atoms with Crippen molar-refractivity contribution >= 4 is 11.6 Å². The molecule has 2 aromatic carbocycles. The van der Waals surface area contributed by atoms with Crippen LogP contribution in [0.25, 0.3) is 0 Å². The number of para-hydroxylation sites is 1. The Bertz CT molecular complexity index is 555. The van der Waals surface area contributed by atoms with Crippen molar-refractivity contribution in [2.75, 3.05) is 5.32 Å². The van der Waals surface area contributed by atoms with Crippen LogP contribution in [-0.4, -0.2) is 5.91 Å². The third-order valence-electron chi connectivity index (χ3n) is 3.30. The Morgan fingerprint density at radius 1 is 0.900 bits per heavy atom. The van der Waals surface area contributed by atoms with Gasteiger partial charge in [0.1, 0.15) is 0 Å². The van der Waals surface area contributed by atoms with Gasteiger partial charge in [-0.3, -0.25) is 4.79 Å². The van der Waals surface area contributed by atoms with E-state index in [0.29, 0.717) is 0 Å². The first kappa shape index (κ1) is 14.3. The molecule has 104 valence electrons. The van der Waals surface area contributed by atoms with E-state index in [1.807, 2.05) is 60.7 Å². The lowest BCUT2D eigenvalue weighted by molar-refractivity contribution is -0.119. The van der Waals surface area contributed by atoms with Gasteiger partial charge in [-0.25, -0.2) is 0 Å². The molecule has 2 rings (SSSR count). The predicted octanol–water partition coefficient (Wildman–Crippen LogP) is 4.46. The fourth-order valence-electron chi connectivity index (χ4n) is 2.43. The first-order chi connectivity index (χ1) is 9.48. The summed E-state index contributed by atoms with van der Waals surface area (Å²) < 4.78 is 0. The molecule has 0 aliphatic carbocycles. The Kier molecular flexibility index (Phi) is 4.23. The van der Waals surface area contributed by atoms with Gasteiger partial charge in [0, 0.05) is 5.69 Å². The Morgan fingerprint density at radius 3 is 1.90 bits per heavy atom. The molecule has 1 amide bonds. The number of carbonyl (C=O) groups is 1. The van der Waals surface area contributed by atoms with E-state index in [4.69, 9.17) is 0 Å². The lowest BCUT2D eigenvalue weighted by Gasteiger charge is -2.30. The summed E-state index contributed by atoms with van der Waals surface area (Å²) in [5, 5.41) is 3.01. The number of benzene rings is 2. The summed E-state index contributed by atoms with van der Waals surface area (Å²) in [7, 11) is 0. The molecule has 20 heavy (non-hydrogen) atoms.